The van der Waals surface area contributed by atoms with Crippen molar-refractivity contribution in [1.29, 1.82) is 0 Å². The number of nitrogens with one attached hydrogen (secondary N) is 1. The Morgan fingerprint density at radius 2 is 1.97 bits per heavy atom. The molecular formula is C21H16F2N4O4. The molecule has 2 aromatic heterocycles. The van der Waals surface area contributed by atoms with Crippen LogP contribution in [0, 0.1) is 11.6 Å². The molecule has 0 spiro atoms. The van der Waals surface area contributed by atoms with Crippen molar-refractivity contribution in [2.24, 2.45) is 0 Å². The number of ether oxygens (including phenoxy) is 1. The smallest absolute Gasteiger partial charge is 0.266 e. The van der Waals surface area contributed by atoms with E-state index in [4.69, 9.17) is 9.26 Å². The molecule has 0 aliphatic heterocycles. The molecule has 2 heterocycles. The number of hydrogen-bond acceptors (Lipinski definition) is 6. The van der Waals surface area contributed by atoms with Gasteiger partial charge in [-0.2, -0.15) is 0 Å². The van der Waals surface area contributed by atoms with Gasteiger partial charge in [-0.15, -0.1) is 0 Å². The molecule has 0 saturated heterocycles. The van der Waals surface area contributed by atoms with Gasteiger partial charge in [0.15, 0.2) is 0 Å². The number of carbonyl (C=O) groups excluding carboxylic acids is 1. The maximum absolute atomic E-state index is 13.6. The number of methoxy groups -OCH3 is 1. The van der Waals surface area contributed by atoms with Gasteiger partial charge in [0.25, 0.3) is 11.3 Å². The fraction of sp³-hybridized carbons (Fsp3) is 0.143. The second kappa shape index (κ2) is 8.34. The van der Waals surface area contributed by atoms with Gasteiger partial charge in [0.1, 0.15) is 34.8 Å². The average Bonchev–Trinajstić information content (AvgIpc) is 3.18. The fourth-order valence-electron chi connectivity index (χ4n) is 3.07. The molecule has 0 bridgehead atoms. The number of benzene rings is 2. The van der Waals surface area contributed by atoms with Gasteiger partial charge in [-0.05, 0) is 24.3 Å². The number of anilines is 1. The van der Waals surface area contributed by atoms with Crippen LogP contribution >= 0.6 is 0 Å². The van der Waals surface area contributed by atoms with Crippen LogP contribution in [0.1, 0.15) is 6.42 Å². The van der Waals surface area contributed by atoms with Crippen LogP contribution in [-0.4, -0.2) is 27.7 Å². The monoisotopic (exact) mass is 426 g/mol. The highest BCUT2D eigenvalue weighted by Crippen LogP contribution is 2.26. The van der Waals surface area contributed by atoms with Crippen LogP contribution in [0.15, 0.2) is 58.1 Å². The highest BCUT2D eigenvalue weighted by atomic mass is 19.1. The Bertz CT molecular complexity index is 1310. The number of amides is 1. The van der Waals surface area contributed by atoms with Gasteiger partial charge in [0.05, 0.1) is 7.11 Å². The number of aryl methyl sites for hydroxylation is 1. The van der Waals surface area contributed by atoms with E-state index in [1.807, 2.05) is 0 Å². The molecule has 4 rings (SSSR count). The average molecular weight is 426 g/mol. The fourth-order valence-corrected chi connectivity index (χ4v) is 3.07. The first-order valence-corrected chi connectivity index (χ1v) is 9.20. The molecule has 158 valence electrons. The third-order valence-corrected chi connectivity index (χ3v) is 4.53. The van der Waals surface area contributed by atoms with Crippen molar-refractivity contribution < 1.29 is 22.8 Å². The summed E-state index contributed by atoms with van der Waals surface area (Å²) >= 11 is 0. The van der Waals surface area contributed by atoms with E-state index in [2.05, 4.69) is 15.5 Å². The zero-order valence-corrected chi connectivity index (χ0v) is 16.3. The number of hydrogen-bond donors (Lipinski definition) is 1. The van der Waals surface area contributed by atoms with E-state index in [1.54, 1.807) is 24.3 Å². The molecule has 0 unspecified atom stereocenters. The van der Waals surface area contributed by atoms with Crippen LogP contribution < -0.4 is 15.6 Å². The molecule has 0 aliphatic rings. The molecule has 0 aliphatic carbocycles. The Balaban J connectivity index is 1.56. The van der Waals surface area contributed by atoms with Crippen LogP contribution in [0.2, 0.25) is 0 Å². The Morgan fingerprint density at radius 1 is 1.19 bits per heavy atom. The van der Waals surface area contributed by atoms with Crippen LogP contribution in [0.25, 0.3) is 22.4 Å². The van der Waals surface area contributed by atoms with Crippen molar-refractivity contribution in [1.82, 2.24) is 14.7 Å². The van der Waals surface area contributed by atoms with Crippen LogP contribution in [0.3, 0.4) is 0 Å². The molecule has 0 saturated carbocycles. The second-order valence-electron chi connectivity index (χ2n) is 6.64. The number of fused-ring (bicyclic) bond motifs is 1. The summed E-state index contributed by atoms with van der Waals surface area (Å²) in [4.78, 5) is 29.2. The summed E-state index contributed by atoms with van der Waals surface area (Å²) in [5.41, 5.74) is -0.0358. The van der Waals surface area contributed by atoms with E-state index in [1.165, 1.54) is 18.0 Å². The van der Waals surface area contributed by atoms with E-state index in [9.17, 15) is 18.4 Å². The lowest BCUT2D eigenvalue weighted by Gasteiger charge is -2.08. The van der Waals surface area contributed by atoms with E-state index >= 15 is 0 Å². The van der Waals surface area contributed by atoms with Crippen molar-refractivity contribution in [3.8, 4) is 17.0 Å². The molecule has 1 N–H and O–H groups in total. The lowest BCUT2D eigenvalue weighted by molar-refractivity contribution is -0.116. The third kappa shape index (κ3) is 4.27. The minimum Gasteiger partial charge on any atom is -0.497 e. The standard InChI is InChI=1S/C21H16F2N4O4/c1-30-16-4-2-3-15(10-16)25-17(28)5-6-27-11-24-20-18(21(27)29)19(26-31-20)12-7-13(22)9-14(23)8-12/h2-4,7-11H,5-6H2,1H3,(H,25,28). The van der Waals surface area contributed by atoms with Gasteiger partial charge in [-0.1, -0.05) is 11.2 Å². The van der Waals surface area contributed by atoms with Crippen LogP contribution in [0.4, 0.5) is 14.5 Å². The number of aromatic nitrogens is 3. The van der Waals surface area contributed by atoms with Gasteiger partial charge in [-0.25, -0.2) is 13.8 Å². The van der Waals surface area contributed by atoms with E-state index < -0.39 is 17.2 Å². The molecule has 0 fully saturated rings. The van der Waals surface area contributed by atoms with Crippen LogP contribution in [0.5, 0.6) is 5.75 Å². The second-order valence-corrected chi connectivity index (χ2v) is 6.64. The van der Waals surface area contributed by atoms with E-state index in [0.717, 1.165) is 12.1 Å². The van der Waals surface area contributed by atoms with E-state index in [-0.39, 0.29) is 41.2 Å². The molecule has 8 nitrogen and oxygen atoms in total. The third-order valence-electron chi connectivity index (χ3n) is 4.53. The first-order chi connectivity index (χ1) is 14.9. The first-order valence-electron chi connectivity index (χ1n) is 9.20. The molecule has 31 heavy (non-hydrogen) atoms. The zero-order chi connectivity index (χ0) is 22.0. The topological polar surface area (TPSA) is 99.2 Å². The summed E-state index contributed by atoms with van der Waals surface area (Å²) in [6.45, 7) is 0.0275. The van der Waals surface area contributed by atoms with Gasteiger partial charge < -0.3 is 14.6 Å². The molecule has 4 aromatic rings. The van der Waals surface area contributed by atoms with Gasteiger partial charge in [-0.3, -0.25) is 14.2 Å². The Labute approximate surface area is 174 Å². The first kappa shape index (κ1) is 20.2. The highest BCUT2D eigenvalue weighted by molar-refractivity contribution is 5.91. The Kier molecular flexibility index (Phi) is 5.44. The maximum Gasteiger partial charge on any atom is 0.266 e. The summed E-state index contributed by atoms with van der Waals surface area (Å²) in [6, 6.07) is 9.65. The largest absolute Gasteiger partial charge is 0.497 e. The molecular weight excluding hydrogens is 410 g/mol. The summed E-state index contributed by atoms with van der Waals surface area (Å²) < 4.78 is 38.5. The summed E-state index contributed by atoms with van der Waals surface area (Å²) in [5, 5.41) is 6.43. The maximum atomic E-state index is 13.6. The number of halogens is 2. The summed E-state index contributed by atoms with van der Waals surface area (Å²) in [6.07, 6.45) is 1.21. The number of carbonyl (C=O) groups is 1. The zero-order valence-electron chi connectivity index (χ0n) is 16.3. The van der Waals surface area contributed by atoms with Gasteiger partial charge in [0, 0.05) is 36.3 Å². The predicted molar refractivity (Wildman–Crippen MR) is 108 cm³/mol. The lowest BCUT2D eigenvalue weighted by Crippen LogP contribution is -2.23. The Hall–Kier alpha value is -4.08. The van der Waals surface area contributed by atoms with Crippen molar-refractivity contribution >= 4 is 22.7 Å². The Morgan fingerprint density at radius 3 is 2.71 bits per heavy atom. The quantitative estimate of drug-likeness (QED) is 0.508. The van der Waals surface area contributed by atoms with Gasteiger partial charge >= 0.3 is 0 Å². The van der Waals surface area contributed by atoms with Crippen molar-refractivity contribution in [3.05, 3.63) is 70.8 Å². The van der Waals surface area contributed by atoms with Crippen molar-refractivity contribution in [2.45, 2.75) is 13.0 Å². The molecule has 1 amide bonds. The predicted octanol–water partition coefficient (Wildman–Crippen LogP) is 3.37. The van der Waals surface area contributed by atoms with Crippen molar-refractivity contribution in [3.63, 3.8) is 0 Å². The molecule has 2 aromatic carbocycles. The minimum atomic E-state index is -0.815. The number of rotatable bonds is 6. The van der Waals surface area contributed by atoms with Crippen LogP contribution in [-0.2, 0) is 11.3 Å². The normalized spacial score (nSPS) is 10.9. The molecule has 0 atom stereocenters. The molecule has 0 radical (unpaired) electrons. The highest BCUT2D eigenvalue weighted by Gasteiger charge is 2.18. The van der Waals surface area contributed by atoms with Gasteiger partial charge in [0.2, 0.25) is 5.91 Å². The van der Waals surface area contributed by atoms with E-state index in [0.29, 0.717) is 17.5 Å². The van der Waals surface area contributed by atoms with Crippen molar-refractivity contribution in [2.75, 3.05) is 12.4 Å². The lowest BCUT2D eigenvalue weighted by atomic mass is 10.1. The minimum absolute atomic E-state index is 0.0144. The molecule has 10 heteroatoms. The summed E-state index contributed by atoms with van der Waals surface area (Å²) in [7, 11) is 1.52. The number of nitrogens with zero attached hydrogens (tertiary/aromatic N) is 3. The SMILES string of the molecule is COc1cccc(NC(=O)CCn2cnc3onc(-c4cc(F)cc(F)c4)c3c2=O)c1. The summed E-state index contributed by atoms with van der Waals surface area (Å²) in [5.74, 6) is -1.36.